The molecule has 1 heterocycles. The fourth-order valence-corrected chi connectivity index (χ4v) is 4.28. The average Bonchev–Trinajstić information content (AvgIpc) is 2.98. The summed E-state index contributed by atoms with van der Waals surface area (Å²) in [5.41, 5.74) is 1.20. The molecule has 1 aromatic heterocycles. The van der Waals surface area contributed by atoms with Gasteiger partial charge < -0.3 is 16.0 Å². The number of carbonyl (C=O) groups is 3. The van der Waals surface area contributed by atoms with Crippen LogP contribution in [0.5, 0.6) is 0 Å². The lowest BCUT2D eigenvalue weighted by Gasteiger charge is -2.18. The lowest BCUT2D eigenvalue weighted by molar-refractivity contribution is -0.117. The van der Waals surface area contributed by atoms with Gasteiger partial charge >= 0.3 is 0 Å². The molecular weight excluding hydrogens is 544 g/mol. The van der Waals surface area contributed by atoms with E-state index in [1.807, 2.05) is 0 Å². The molecule has 1 atom stereocenters. The van der Waals surface area contributed by atoms with E-state index < -0.39 is 34.9 Å². The number of carbonyl (C=O) groups excluding carboxylic acids is 3. The Morgan fingerprint density at radius 1 is 0.905 bits per heavy atom. The molecule has 11 heteroatoms. The van der Waals surface area contributed by atoms with Crippen LogP contribution < -0.4 is 21.5 Å². The van der Waals surface area contributed by atoms with Crippen molar-refractivity contribution < 1.29 is 23.2 Å². The first-order valence-electron chi connectivity index (χ1n) is 13.0. The summed E-state index contributed by atoms with van der Waals surface area (Å²) in [5, 5.41) is 7.91. The van der Waals surface area contributed by atoms with E-state index in [2.05, 4.69) is 20.9 Å². The first-order valence-corrected chi connectivity index (χ1v) is 13.0. The molecule has 0 aliphatic carbocycles. The van der Waals surface area contributed by atoms with Crippen LogP contribution in [0.4, 0.5) is 14.5 Å². The van der Waals surface area contributed by atoms with Crippen LogP contribution in [0.3, 0.4) is 0 Å². The van der Waals surface area contributed by atoms with Crippen molar-refractivity contribution in [2.45, 2.75) is 26.4 Å². The Balaban J connectivity index is 1.85. The van der Waals surface area contributed by atoms with E-state index in [-0.39, 0.29) is 40.7 Å². The van der Waals surface area contributed by atoms with Crippen LogP contribution in [-0.4, -0.2) is 47.3 Å². The number of rotatable bonds is 9. The summed E-state index contributed by atoms with van der Waals surface area (Å²) in [7, 11) is 3.09. The molecule has 9 nitrogen and oxygen atoms in total. The Kier molecular flexibility index (Phi) is 9.02. The van der Waals surface area contributed by atoms with Gasteiger partial charge in [0.05, 0.1) is 18.8 Å². The summed E-state index contributed by atoms with van der Waals surface area (Å²) in [6.45, 7) is 3.18. The minimum atomic E-state index is -0.717. The highest BCUT2D eigenvalue weighted by molar-refractivity contribution is 6.09. The van der Waals surface area contributed by atoms with Gasteiger partial charge in [-0.05, 0) is 86.6 Å². The first-order chi connectivity index (χ1) is 20.0. The van der Waals surface area contributed by atoms with Gasteiger partial charge in [0.25, 0.3) is 11.5 Å². The van der Waals surface area contributed by atoms with E-state index in [1.54, 1.807) is 39.1 Å². The SMILES string of the molecule is CNC(=O)c1ccc(C)c(-c2ncc(NC(=O)[C@H](C)NC)c(=O)n2Cc2cc(F)cc(C(=O)c3ccc(F)cc3)c2)c1. The fourth-order valence-electron chi connectivity index (χ4n) is 4.28. The van der Waals surface area contributed by atoms with Crippen LogP contribution in [-0.2, 0) is 11.3 Å². The van der Waals surface area contributed by atoms with Gasteiger partial charge in [-0.3, -0.25) is 23.7 Å². The van der Waals surface area contributed by atoms with Crippen molar-refractivity contribution in [1.82, 2.24) is 20.2 Å². The average molecular weight is 574 g/mol. The zero-order valence-corrected chi connectivity index (χ0v) is 23.4. The summed E-state index contributed by atoms with van der Waals surface area (Å²) in [6, 6.07) is 12.9. The number of amides is 2. The largest absolute Gasteiger partial charge is 0.355 e. The Labute approximate surface area is 240 Å². The maximum absolute atomic E-state index is 14.8. The van der Waals surface area contributed by atoms with Gasteiger partial charge in [-0.15, -0.1) is 0 Å². The molecule has 216 valence electrons. The molecule has 4 rings (SSSR count). The number of aryl methyl sites for hydroxylation is 1. The molecule has 3 N–H and O–H groups in total. The van der Waals surface area contributed by atoms with Gasteiger partial charge in [-0.25, -0.2) is 13.8 Å². The van der Waals surface area contributed by atoms with Gasteiger partial charge in [0, 0.05) is 29.3 Å². The molecule has 4 aromatic rings. The van der Waals surface area contributed by atoms with Crippen LogP contribution in [0.1, 0.15) is 44.3 Å². The van der Waals surface area contributed by atoms with Crippen molar-refractivity contribution in [3.63, 3.8) is 0 Å². The number of benzene rings is 3. The molecule has 0 aliphatic heterocycles. The number of anilines is 1. The normalized spacial score (nSPS) is 11.6. The van der Waals surface area contributed by atoms with Crippen LogP contribution in [0, 0.1) is 18.6 Å². The van der Waals surface area contributed by atoms with Crippen molar-refractivity contribution in [3.8, 4) is 11.4 Å². The Bertz CT molecular complexity index is 1730. The number of ketones is 1. The molecule has 42 heavy (non-hydrogen) atoms. The van der Waals surface area contributed by atoms with E-state index in [9.17, 15) is 28.0 Å². The van der Waals surface area contributed by atoms with Crippen LogP contribution in [0.2, 0.25) is 0 Å². The van der Waals surface area contributed by atoms with Crippen LogP contribution in [0.25, 0.3) is 11.4 Å². The molecule has 0 saturated heterocycles. The van der Waals surface area contributed by atoms with E-state index >= 15 is 0 Å². The number of hydrogen-bond donors (Lipinski definition) is 3. The summed E-state index contributed by atoms with van der Waals surface area (Å²) in [5.74, 6) is -2.41. The number of halogens is 2. The zero-order valence-electron chi connectivity index (χ0n) is 23.4. The Hall–Kier alpha value is -5.03. The number of nitrogens with zero attached hydrogens (tertiary/aromatic N) is 2. The molecule has 2 amide bonds. The standard InChI is InChI=1S/C31H29F2N5O4/c1-17-5-6-21(30(41)35-4)14-25(17)28-36-15-26(37-29(40)18(2)34-3)31(42)38(28)16-19-11-22(13-24(33)12-19)27(39)20-7-9-23(32)10-8-20/h5-15,18,34H,16H2,1-4H3,(H,35,41)(H,37,40)/t18-/m0/s1. The highest BCUT2D eigenvalue weighted by atomic mass is 19.1. The third kappa shape index (κ3) is 6.47. The van der Waals surface area contributed by atoms with Gasteiger partial charge in [-0.2, -0.15) is 0 Å². The van der Waals surface area contributed by atoms with Crippen molar-refractivity contribution in [2.75, 3.05) is 19.4 Å². The molecule has 0 aliphatic rings. The number of nitrogens with one attached hydrogen (secondary N) is 3. The van der Waals surface area contributed by atoms with Gasteiger partial charge in [0.15, 0.2) is 5.78 Å². The van der Waals surface area contributed by atoms with Gasteiger partial charge in [0.1, 0.15) is 23.1 Å². The van der Waals surface area contributed by atoms with Crippen LogP contribution >= 0.6 is 0 Å². The summed E-state index contributed by atoms with van der Waals surface area (Å²) < 4.78 is 29.4. The number of likely N-dealkylation sites (N-methyl/N-ethyl adjacent to an activating group) is 1. The quantitative estimate of drug-likeness (QED) is 0.263. The third-order valence-corrected chi connectivity index (χ3v) is 6.77. The molecule has 0 radical (unpaired) electrons. The zero-order chi connectivity index (χ0) is 30.6. The Morgan fingerprint density at radius 3 is 2.26 bits per heavy atom. The maximum Gasteiger partial charge on any atom is 0.277 e. The number of hydrogen-bond acceptors (Lipinski definition) is 6. The van der Waals surface area contributed by atoms with Crippen molar-refractivity contribution in [3.05, 3.63) is 117 Å². The number of aromatic nitrogens is 2. The highest BCUT2D eigenvalue weighted by Crippen LogP contribution is 2.25. The Morgan fingerprint density at radius 2 is 1.60 bits per heavy atom. The predicted octanol–water partition coefficient (Wildman–Crippen LogP) is 3.68. The second-order valence-electron chi connectivity index (χ2n) is 9.68. The third-order valence-electron chi connectivity index (χ3n) is 6.77. The summed E-state index contributed by atoms with van der Waals surface area (Å²) in [6.07, 6.45) is 1.23. The van der Waals surface area contributed by atoms with E-state index in [0.29, 0.717) is 16.7 Å². The molecule has 0 spiro atoms. The second-order valence-corrected chi connectivity index (χ2v) is 9.68. The minimum Gasteiger partial charge on any atom is -0.355 e. The van der Waals surface area contributed by atoms with Gasteiger partial charge in [-0.1, -0.05) is 6.07 Å². The van der Waals surface area contributed by atoms with Crippen LogP contribution in [0.15, 0.2) is 71.7 Å². The van der Waals surface area contributed by atoms with Crippen molar-refractivity contribution in [2.24, 2.45) is 0 Å². The summed E-state index contributed by atoms with van der Waals surface area (Å²) >= 11 is 0. The summed E-state index contributed by atoms with van der Waals surface area (Å²) in [4.78, 5) is 56.2. The van der Waals surface area contributed by atoms with E-state index in [1.165, 1.54) is 42.1 Å². The molecule has 0 saturated carbocycles. The fraction of sp³-hybridized carbons (Fsp3) is 0.194. The lowest BCUT2D eigenvalue weighted by Crippen LogP contribution is -2.38. The molecule has 0 bridgehead atoms. The minimum absolute atomic E-state index is 0.00395. The van der Waals surface area contributed by atoms with Gasteiger partial charge in [0.2, 0.25) is 5.91 Å². The smallest absolute Gasteiger partial charge is 0.277 e. The van der Waals surface area contributed by atoms with Crippen molar-refractivity contribution in [1.29, 1.82) is 0 Å². The maximum atomic E-state index is 14.8. The first kappa shape index (κ1) is 29.9. The lowest BCUT2D eigenvalue weighted by atomic mass is 10.0. The highest BCUT2D eigenvalue weighted by Gasteiger charge is 2.20. The van der Waals surface area contributed by atoms with E-state index in [4.69, 9.17) is 0 Å². The monoisotopic (exact) mass is 573 g/mol. The molecular formula is C31H29F2N5O4. The predicted molar refractivity (Wildman–Crippen MR) is 155 cm³/mol. The molecule has 0 fully saturated rings. The molecule has 0 unspecified atom stereocenters. The topological polar surface area (TPSA) is 122 Å². The molecule has 3 aromatic carbocycles. The second kappa shape index (κ2) is 12.6. The van der Waals surface area contributed by atoms with E-state index in [0.717, 1.165) is 18.2 Å². The van der Waals surface area contributed by atoms with Crippen molar-refractivity contribution >= 4 is 23.3 Å².